The Bertz CT molecular complexity index is 971. The summed E-state index contributed by atoms with van der Waals surface area (Å²) in [6, 6.07) is 13.8. The SMILES string of the molecule is C[C@@H]1CCCCN1c1cc(N2CCN(c3ccccc3)CC2)nc(NC(=S)NC2CCCCC2)n1. The van der Waals surface area contributed by atoms with Crippen molar-refractivity contribution in [1.29, 1.82) is 0 Å². The number of rotatable bonds is 5. The molecule has 2 aromatic rings. The maximum Gasteiger partial charge on any atom is 0.232 e. The van der Waals surface area contributed by atoms with Gasteiger partial charge in [0, 0.05) is 56.6 Å². The van der Waals surface area contributed by atoms with Gasteiger partial charge in [-0.1, -0.05) is 37.5 Å². The number of hydrogen-bond donors (Lipinski definition) is 2. The minimum atomic E-state index is 0.458. The lowest BCUT2D eigenvalue weighted by atomic mass is 9.96. The minimum Gasteiger partial charge on any atom is -0.368 e. The molecule has 3 heterocycles. The lowest BCUT2D eigenvalue weighted by molar-refractivity contribution is 0.414. The Hall–Kier alpha value is -2.61. The van der Waals surface area contributed by atoms with Crippen molar-refractivity contribution in [2.45, 2.75) is 70.4 Å². The standard InChI is InChI=1S/C27H39N7S/c1-21-10-8-9-15-34(21)25-20-24(33-18-16-32(17-19-33)23-13-6-3-7-14-23)29-26(30-25)31-27(35)28-22-11-4-2-5-12-22/h3,6-7,13-14,20-22H,2,4-5,8-12,15-19H2,1H3,(H2,28,29,30,31,35)/t21-/m1/s1. The summed E-state index contributed by atoms with van der Waals surface area (Å²) in [6.07, 6.45) is 9.96. The summed E-state index contributed by atoms with van der Waals surface area (Å²) in [7, 11) is 0. The Morgan fingerprint density at radius 1 is 0.829 bits per heavy atom. The molecule has 0 amide bonds. The molecule has 1 saturated carbocycles. The van der Waals surface area contributed by atoms with Crippen molar-refractivity contribution in [2.24, 2.45) is 0 Å². The van der Waals surface area contributed by atoms with Crippen LogP contribution in [-0.4, -0.2) is 59.9 Å². The molecule has 1 aromatic heterocycles. The van der Waals surface area contributed by atoms with E-state index in [1.807, 2.05) is 0 Å². The second-order valence-corrected chi connectivity index (χ2v) is 10.6. The molecule has 1 aromatic carbocycles. The van der Waals surface area contributed by atoms with E-state index in [4.69, 9.17) is 22.2 Å². The number of thiocarbonyl (C=S) groups is 1. The van der Waals surface area contributed by atoms with Crippen molar-refractivity contribution in [2.75, 3.05) is 52.7 Å². The molecule has 188 valence electrons. The average Bonchev–Trinajstić information content (AvgIpc) is 2.90. The predicted octanol–water partition coefficient (Wildman–Crippen LogP) is 4.80. The van der Waals surface area contributed by atoms with Crippen molar-refractivity contribution in [1.82, 2.24) is 15.3 Å². The van der Waals surface area contributed by atoms with Gasteiger partial charge >= 0.3 is 0 Å². The van der Waals surface area contributed by atoms with Crippen LogP contribution in [0.3, 0.4) is 0 Å². The second-order valence-electron chi connectivity index (χ2n) is 10.2. The van der Waals surface area contributed by atoms with Crippen LogP contribution in [0, 0.1) is 0 Å². The maximum atomic E-state index is 5.67. The van der Waals surface area contributed by atoms with Crippen LogP contribution in [0.25, 0.3) is 0 Å². The van der Waals surface area contributed by atoms with E-state index >= 15 is 0 Å². The van der Waals surface area contributed by atoms with E-state index < -0.39 is 0 Å². The average molecular weight is 494 g/mol. The summed E-state index contributed by atoms with van der Waals surface area (Å²) in [5, 5.41) is 7.48. The summed E-state index contributed by atoms with van der Waals surface area (Å²) < 4.78 is 0. The van der Waals surface area contributed by atoms with Crippen LogP contribution < -0.4 is 25.3 Å². The fraction of sp³-hybridized carbons (Fsp3) is 0.593. The van der Waals surface area contributed by atoms with E-state index in [0.29, 0.717) is 23.1 Å². The van der Waals surface area contributed by atoms with Crippen molar-refractivity contribution < 1.29 is 0 Å². The summed E-state index contributed by atoms with van der Waals surface area (Å²) in [5.74, 6) is 2.60. The first-order chi connectivity index (χ1) is 17.2. The van der Waals surface area contributed by atoms with Gasteiger partial charge in [0.05, 0.1) is 0 Å². The smallest absolute Gasteiger partial charge is 0.232 e. The zero-order valence-corrected chi connectivity index (χ0v) is 21.8. The number of nitrogens with one attached hydrogen (secondary N) is 2. The zero-order valence-electron chi connectivity index (χ0n) is 21.0. The molecule has 7 nitrogen and oxygen atoms in total. The summed E-state index contributed by atoms with van der Waals surface area (Å²) in [4.78, 5) is 17.2. The summed E-state index contributed by atoms with van der Waals surface area (Å²) in [5.41, 5.74) is 1.29. The third kappa shape index (κ3) is 6.15. The van der Waals surface area contributed by atoms with E-state index in [1.54, 1.807) is 0 Å². The molecular formula is C27H39N7S. The molecule has 35 heavy (non-hydrogen) atoms. The molecule has 0 unspecified atom stereocenters. The number of nitrogens with zero attached hydrogens (tertiary/aromatic N) is 5. The first kappa shape index (κ1) is 24.1. The van der Waals surface area contributed by atoms with E-state index in [2.05, 4.69) is 68.7 Å². The number of piperazine rings is 1. The van der Waals surface area contributed by atoms with Gasteiger partial charge in [0.25, 0.3) is 0 Å². The predicted molar refractivity (Wildman–Crippen MR) is 150 cm³/mol. The Kier molecular flexibility index (Phi) is 7.86. The fourth-order valence-electron chi connectivity index (χ4n) is 5.63. The van der Waals surface area contributed by atoms with Gasteiger partial charge in [0.15, 0.2) is 5.11 Å². The lowest BCUT2D eigenvalue weighted by Gasteiger charge is -2.38. The van der Waals surface area contributed by atoms with Gasteiger partial charge in [-0.25, -0.2) is 0 Å². The highest BCUT2D eigenvalue weighted by Crippen LogP contribution is 2.28. The van der Waals surface area contributed by atoms with E-state index in [9.17, 15) is 0 Å². The number of benzene rings is 1. The molecule has 0 radical (unpaired) electrons. The molecular weight excluding hydrogens is 454 g/mol. The van der Waals surface area contributed by atoms with Gasteiger partial charge in [-0.15, -0.1) is 0 Å². The quantitative estimate of drug-likeness (QED) is 0.576. The van der Waals surface area contributed by atoms with Crippen LogP contribution in [0.2, 0.25) is 0 Å². The number of anilines is 4. The fourth-order valence-corrected chi connectivity index (χ4v) is 5.89. The van der Waals surface area contributed by atoms with Gasteiger partial charge in [0.1, 0.15) is 11.6 Å². The van der Waals surface area contributed by atoms with Gasteiger partial charge < -0.3 is 25.3 Å². The topological polar surface area (TPSA) is 59.6 Å². The van der Waals surface area contributed by atoms with E-state index in [1.165, 1.54) is 57.1 Å². The van der Waals surface area contributed by atoms with Crippen LogP contribution in [0.1, 0.15) is 58.3 Å². The van der Waals surface area contributed by atoms with Crippen LogP contribution in [0.4, 0.5) is 23.3 Å². The van der Waals surface area contributed by atoms with Gasteiger partial charge in [0.2, 0.25) is 5.95 Å². The normalized spacial score (nSPS) is 21.6. The van der Waals surface area contributed by atoms with Crippen molar-refractivity contribution >= 4 is 40.6 Å². The number of para-hydroxylation sites is 1. The molecule has 3 aliphatic rings. The Labute approximate surface area is 215 Å². The Balaban J connectivity index is 1.32. The molecule has 2 N–H and O–H groups in total. The first-order valence-electron chi connectivity index (χ1n) is 13.4. The molecule has 1 aliphatic carbocycles. The molecule has 8 heteroatoms. The van der Waals surface area contributed by atoms with Crippen molar-refractivity contribution in [3.8, 4) is 0 Å². The third-order valence-corrected chi connectivity index (χ3v) is 7.91. The van der Waals surface area contributed by atoms with E-state index in [0.717, 1.165) is 44.4 Å². The largest absolute Gasteiger partial charge is 0.368 e. The number of piperidine rings is 1. The van der Waals surface area contributed by atoms with Crippen LogP contribution >= 0.6 is 12.2 Å². The van der Waals surface area contributed by atoms with Gasteiger partial charge in [-0.3, -0.25) is 0 Å². The lowest BCUT2D eigenvalue weighted by Crippen LogP contribution is -2.47. The Morgan fingerprint density at radius 2 is 1.51 bits per heavy atom. The molecule has 2 aliphatic heterocycles. The first-order valence-corrected chi connectivity index (χ1v) is 13.8. The Morgan fingerprint density at radius 3 is 2.26 bits per heavy atom. The maximum absolute atomic E-state index is 5.67. The zero-order chi connectivity index (χ0) is 24.0. The van der Waals surface area contributed by atoms with Crippen LogP contribution in [0.5, 0.6) is 0 Å². The van der Waals surface area contributed by atoms with Gasteiger partial charge in [-0.2, -0.15) is 9.97 Å². The molecule has 3 fully saturated rings. The molecule has 1 atom stereocenters. The van der Waals surface area contributed by atoms with Crippen molar-refractivity contribution in [3.05, 3.63) is 36.4 Å². The van der Waals surface area contributed by atoms with Gasteiger partial charge in [-0.05, 0) is 63.4 Å². The van der Waals surface area contributed by atoms with Crippen LogP contribution in [0.15, 0.2) is 36.4 Å². The molecule has 0 spiro atoms. The number of hydrogen-bond acceptors (Lipinski definition) is 6. The highest BCUT2D eigenvalue weighted by molar-refractivity contribution is 7.80. The highest BCUT2D eigenvalue weighted by atomic mass is 32.1. The minimum absolute atomic E-state index is 0.458. The molecule has 5 rings (SSSR count). The molecule has 0 bridgehead atoms. The summed E-state index contributed by atoms with van der Waals surface area (Å²) >= 11 is 5.67. The highest BCUT2D eigenvalue weighted by Gasteiger charge is 2.24. The second kappa shape index (κ2) is 11.4. The monoisotopic (exact) mass is 493 g/mol. The summed E-state index contributed by atoms with van der Waals surface area (Å²) in [6.45, 7) is 7.18. The van der Waals surface area contributed by atoms with Crippen LogP contribution in [-0.2, 0) is 0 Å². The number of aromatic nitrogens is 2. The van der Waals surface area contributed by atoms with Crippen molar-refractivity contribution in [3.63, 3.8) is 0 Å². The third-order valence-electron chi connectivity index (χ3n) is 7.69. The van der Waals surface area contributed by atoms with E-state index in [-0.39, 0.29) is 0 Å². The molecule has 2 saturated heterocycles.